The van der Waals surface area contributed by atoms with Crippen LogP contribution in [0.2, 0.25) is 18.1 Å². The lowest BCUT2D eigenvalue weighted by Gasteiger charge is -2.40. The highest BCUT2D eigenvalue weighted by atomic mass is 31.2. The zero-order chi connectivity index (χ0) is 33.0. The topological polar surface area (TPSA) is 220 Å². The van der Waals surface area contributed by atoms with Crippen molar-refractivity contribution in [2.24, 2.45) is 0 Å². The second kappa shape index (κ2) is 14.2. The Balaban J connectivity index is 1.72. The van der Waals surface area contributed by atoms with Gasteiger partial charge in [0.2, 0.25) is 0 Å². The van der Waals surface area contributed by atoms with Crippen LogP contribution in [0.5, 0.6) is 0 Å². The molecule has 1 saturated heterocycles. The van der Waals surface area contributed by atoms with Gasteiger partial charge in [-0.3, -0.25) is 9.36 Å². The van der Waals surface area contributed by atoms with E-state index in [4.69, 9.17) is 23.5 Å². The quantitative estimate of drug-likeness (QED) is 0.114. The Morgan fingerprint density at radius 1 is 1.20 bits per heavy atom. The van der Waals surface area contributed by atoms with E-state index in [1.807, 2.05) is 39.9 Å². The van der Waals surface area contributed by atoms with Crippen molar-refractivity contribution >= 4 is 47.2 Å². The van der Waals surface area contributed by atoms with E-state index in [1.165, 1.54) is 17.2 Å². The van der Waals surface area contributed by atoms with Crippen molar-refractivity contribution in [3.63, 3.8) is 0 Å². The first-order valence-electron chi connectivity index (χ1n) is 13.9. The third-order valence-corrected chi connectivity index (χ3v) is 13.4. The lowest BCUT2D eigenvalue weighted by molar-refractivity contribution is -0.0438. The van der Waals surface area contributed by atoms with Crippen LogP contribution in [0.1, 0.15) is 43.8 Å². The minimum Gasteiger partial charge on any atom is -0.408 e. The minimum absolute atomic E-state index is 0.000598. The average molecular weight is 681 g/mol. The van der Waals surface area contributed by atoms with Gasteiger partial charge in [0.05, 0.1) is 24.9 Å². The fourth-order valence-corrected chi connectivity index (χ4v) is 6.91. The Hall–Kier alpha value is -3.00. The van der Waals surface area contributed by atoms with E-state index in [0.717, 1.165) is 0 Å². The molecule has 3 heterocycles. The van der Waals surface area contributed by atoms with Crippen molar-refractivity contribution in [3.05, 3.63) is 48.5 Å². The molecule has 3 aromatic rings. The molecule has 0 saturated carbocycles. The molecule has 19 heteroatoms. The summed E-state index contributed by atoms with van der Waals surface area (Å²) in [6.07, 6.45) is -0.498. The lowest BCUT2D eigenvalue weighted by Crippen LogP contribution is -2.52. The van der Waals surface area contributed by atoms with E-state index in [0.29, 0.717) is 5.56 Å². The number of imidazole rings is 1. The Labute approximate surface area is 261 Å². The summed E-state index contributed by atoms with van der Waals surface area (Å²) in [4.78, 5) is 45.8. The van der Waals surface area contributed by atoms with Crippen LogP contribution < -0.4 is 10.4 Å². The molecule has 0 aliphatic carbocycles. The number of nitrogens with one attached hydrogen (secondary N) is 2. The Bertz CT molecular complexity index is 1610. The summed E-state index contributed by atoms with van der Waals surface area (Å²) < 4.78 is 49.5. The smallest absolute Gasteiger partial charge is 0.408 e. The van der Waals surface area contributed by atoms with E-state index in [9.17, 15) is 23.7 Å². The molecule has 0 radical (unpaired) electrons. The SMILES string of the molecule is CC(C)(C)[Si](C)(C)O[C@@H]1[C@H](NP(=O)(O)O)[C@@H](CO[P+](=O)OCCC#N)O[C@H]1n1cnc2c(NC(=O)c3ccccc3)ncnc21. The van der Waals surface area contributed by atoms with Gasteiger partial charge in [-0.15, -0.1) is 9.05 Å². The van der Waals surface area contributed by atoms with Crippen LogP contribution in [0, 0.1) is 11.3 Å². The fraction of sp³-hybridized carbons (Fsp3) is 0.500. The molecule has 1 unspecified atom stereocenters. The molecule has 1 aromatic carbocycles. The van der Waals surface area contributed by atoms with Crippen LogP contribution in [0.4, 0.5) is 5.82 Å². The molecule has 45 heavy (non-hydrogen) atoms. The number of hydrogen-bond acceptors (Lipinski definition) is 11. The number of carbonyl (C=O) groups excluding carboxylic acids is 1. The van der Waals surface area contributed by atoms with Crippen molar-refractivity contribution < 1.29 is 41.9 Å². The van der Waals surface area contributed by atoms with Gasteiger partial charge in [-0.25, -0.2) is 24.6 Å². The van der Waals surface area contributed by atoms with E-state index in [-0.39, 0.29) is 35.0 Å². The molecular weight excluding hydrogens is 644 g/mol. The minimum atomic E-state index is -4.86. The number of aromatic nitrogens is 4. The third-order valence-electron chi connectivity index (χ3n) is 7.56. The van der Waals surface area contributed by atoms with Gasteiger partial charge in [0.25, 0.3) is 5.91 Å². The van der Waals surface area contributed by atoms with Crippen LogP contribution >= 0.6 is 16.0 Å². The van der Waals surface area contributed by atoms with E-state index >= 15 is 0 Å². The summed E-state index contributed by atoms with van der Waals surface area (Å²) in [6, 6.07) is 9.28. The van der Waals surface area contributed by atoms with Crippen molar-refractivity contribution in [1.29, 1.82) is 5.26 Å². The predicted octanol–water partition coefficient (Wildman–Crippen LogP) is 4.02. The molecule has 2 aromatic heterocycles. The van der Waals surface area contributed by atoms with Crippen molar-refractivity contribution in [3.8, 4) is 6.07 Å². The molecule has 1 aliphatic heterocycles. The number of hydrogen-bond donors (Lipinski definition) is 4. The molecule has 1 amide bonds. The summed E-state index contributed by atoms with van der Waals surface area (Å²) in [5.74, 6) is -0.264. The maximum absolute atomic E-state index is 12.9. The number of anilines is 1. The first kappa shape index (κ1) is 34.9. The van der Waals surface area contributed by atoms with Gasteiger partial charge in [0, 0.05) is 10.1 Å². The maximum Gasteiger partial charge on any atom is 0.697 e. The van der Waals surface area contributed by atoms with Gasteiger partial charge >= 0.3 is 16.0 Å². The van der Waals surface area contributed by atoms with E-state index in [1.54, 1.807) is 30.3 Å². The van der Waals surface area contributed by atoms with Crippen LogP contribution in [0.15, 0.2) is 43.0 Å². The molecule has 1 fully saturated rings. The number of rotatable bonds is 13. The maximum atomic E-state index is 12.9. The lowest BCUT2D eigenvalue weighted by atomic mass is 10.1. The van der Waals surface area contributed by atoms with Gasteiger partial charge < -0.3 is 24.3 Å². The standard InChI is InChI=1S/C26H35N7O9P2Si/c1-26(2,3)45(4,5)42-21-19(32-44(36,37)38)18(14-40-43(35)39-13-9-12-27)41-25(21)33-16-30-20-22(28-15-29-23(20)33)31-24(34)17-10-7-6-8-11-17/h6-8,10-11,15-16,18-19,21,25H,9,13-14H2,1-5H3,(H3-,28,29,31,32,34,36,37,38)/p+1/t18-,19-,21-,25-/m1/s1. The molecule has 4 rings (SSSR count). The summed E-state index contributed by atoms with van der Waals surface area (Å²) in [7, 11) is -10.1. The fourth-order valence-electron chi connectivity index (χ4n) is 4.33. The second-order valence-electron chi connectivity index (χ2n) is 11.7. The highest BCUT2D eigenvalue weighted by Crippen LogP contribution is 2.45. The number of nitriles is 1. The first-order valence-corrected chi connectivity index (χ1v) is 19.5. The highest BCUT2D eigenvalue weighted by Gasteiger charge is 2.53. The molecule has 16 nitrogen and oxygen atoms in total. The molecule has 1 aliphatic rings. The van der Waals surface area contributed by atoms with Gasteiger partial charge in [-0.05, 0) is 30.3 Å². The van der Waals surface area contributed by atoms with Crippen LogP contribution in [0.3, 0.4) is 0 Å². The monoisotopic (exact) mass is 680 g/mol. The number of benzene rings is 1. The van der Waals surface area contributed by atoms with Crippen LogP contribution in [0.25, 0.3) is 11.2 Å². The highest BCUT2D eigenvalue weighted by molar-refractivity contribution is 7.49. The number of nitrogens with zero attached hydrogens (tertiary/aromatic N) is 5. The zero-order valence-corrected chi connectivity index (χ0v) is 28.1. The Morgan fingerprint density at radius 2 is 1.91 bits per heavy atom. The Kier molecular flexibility index (Phi) is 11.0. The van der Waals surface area contributed by atoms with E-state index in [2.05, 4.69) is 25.4 Å². The summed E-state index contributed by atoms with van der Waals surface area (Å²) in [5.41, 5.74) is 0.906. The molecule has 242 valence electrons. The normalized spacial score (nSPS) is 21.1. The van der Waals surface area contributed by atoms with Crippen molar-refractivity contribution in [2.45, 2.75) is 69.8 Å². The summed E-state index contributed by atoms with van der Waals surface area (Å²) >= 11 is 0. The molecule has 0 bridgehead atoms. The van der Waals surface area contributed by atoms with Gasteiger partial charge in [-0.1, -0.05) is 39.0 Å². The van der Waals surface area contributed by atoms with Gasteiger partial charge in [0.15, 0.2) is 31.5 Å². The Morgan fingerprint density at radius 3 is 2.56 bits per heavy atom. The summed E-state index contributed by atoms with van der Waals surface area (Å²) in [6.45, 7) is 9.49. The van der Waals surface area contributed by atoms with Gasteiger partial charge in [-0.2, -0.15) is 5.26 Å². The number of amides is 1. The molecule has 0 spiro atoms. The number of carbonyl (C=O) groups is 1. The van der Waals surface area contributed by atoms with Gasteiger partial charge in [0.1, 0.15) is 31.7 Å². The first-order chi connectivity index (χ1) is 21.1. The third kappa shape index (κ3) is 8.63. The molecule has 4 N–H and O–H groups in total. The molecule has 5 atom stereocenters. The average Bonchev–Trinajstić information content (AvgIpc) is 3.53. The molecular formula is C26H36N7O9P2Si+. The van der Waals surface area contributed by atoms with Crippen molar-refractivity contribution in [2.75, 3.05) is 18.5 Å². The number of ether oxygens (including phenoxy) is 1. The van der Waals surface area contributed by atoms with Crippen molar-refractivity contribution in [1.82, 2.24) is 24.6 Å². The predicted molar refractivity (Wildman–Crippen MR) is 164 cm³/mol. The second-order valence-corrected chi connectivity index (χ2v) is 18.8. The largest absolute Gasteiger partial charge is 0.697 e. The number of fused-ring (bicyclic) bond motifs is 1. The summed E-state index contributed by atoms with van der Waals surface area (Å²) in [5, 5.41) is 13.5. The van der Waals surface area contributed by atoms with E-state index < -0.39 is 61.3 Å². The zero-order valence-electron chi connectivity index (χ0n) is 25.4. The van der Waals surface area contributed by atoms with Crippen LogP contribution in [-0.4, -0.2) is 75.0 Å². The van der Waals surface area contributed by atoms with Crippen LogP contribution in [-0.2, 0) is 27.3 Å².